The molecule has 10 nitrogen and oxygen atoms in total. The van der Waals surface area contributed by atoms with Crippen LogP contribution in [-0.2, 0) is 26.2 Å². The molecular weight excluding hydrogens is 460 g/mol. The Balaban J connectivity index is 2.44. The Morgan fingerprint density at radius 1 is 1.09 bits per heavy atom. The normalized spacial score (nSPS) is 12.2. The van der Waals surface area contributed by atoms with E-state index in [1.807, 2.05) is 31.2 Å². The molecule has 0 heterocycles. The SMILES string of the molecule is Cc1ccccc1CN(C(=O)CN(c1cccc([N+](=O)[O-])c1)S(C)(=O)=O)[C@H](C)C(=O)NC(C)C. The molecule has 0 spiro atoms. The van der Waals surface area contributed by atoms with Crippen molar-refractivity contribution < 1.29 is 22.9 Å². The van der Waals surface area contributed by atoms with Crippen LogP contribution >= 0.6 is 0 Å². The number of rotatable bonds is 10. The molecule has 0 radical (unpaired) electrons. The first kappa shape index (κ1) is 26.8. The summed E-state index contributed by atoms with van der Waals surface area (Å²) in [4.78, 5) is 38.0. The van der Waals surface area contributed by atoms with E-state index in [1.54, 1.807) is 20.8 Å². The first-order valence-corrected chi connectivity index (χ1v) is 12.5. The third-order valence-electron chi connectivity index (χ3n) is 5.21. The Morgan fingerprint density at radius 3 is 2.29 bits per heavy atom. The van der Waals surface area contributed by atoms with Crippen LogP contribution in [0.4, 0.5) is 11.4 Å². The molecular formula is C23H30N4O6S. The maximum atomic E-state index is 13.4. The van der Waals surface area contributed by atoms with Crippen LogP contribution in [-0.4, -0.2) is 54.9 Å². The van der Waals surface area contributed by atoms with Crippen molar-refractivity contribution >= 4 is 33.2 Å². The van der Waals surface area contributed by atoms with Crippen molar-refractivity contribution in [1.29, 1.82) is 0 Å². The van der Waals surface area contributed by atoms with Gasteiger partial charge in [-0.05, 0) is 44.9 Å². The predicted molar refractivity (Wildman–Crippen MR) is 130 cm³/mol. The number of hydrogen-bond acceptors (Lipinski definition) is 6. The van der Waals surface area contributed by atoms with E-state index in [1.165, 1.54) is 23.1 Å². The molecule has 0 aliphatic heterocycles. The molecule has 0 bridgehead atoms. The molecule has 0 aliphatic rings. The number of carbonyl (C=O) groups excluding carboxylic acids is 2. The summed E-state index contributed by atoms with van der Waals surface area (Å²) in [6.45, 7) is 6.52. The summed E-state index contributed by atoms with van der Waals surface area (Å²) in [7, 11) is -3.97. The van der Waals surface area contributed by atoms with Gasteiger partial charge in [0.15, 0.2) is 0 Å². The Kier molecular flexibility index (Phi) is 8.74. The average molecular weight is 491 g/mol. The molecule has 2 aromatic carbocycles. The largest absolute Gasteiger partial charge is 0.352 e. The highest BCUT2D eigenvalue weighted by atomic mass is 32.2. The zero-order valence-electron chi connectivity index (χ0n) is 19.9. The van der Waals surface area contributed by atoms with E-state index in [0.29, 0.717) is 0 Å². The van der Waals surface area contributed by atoms with Crippen molar-refractivity contribution in [3.63, 3.8) is 0 Å². The lowest BCUT2D eigenvalue weighted by molar-refractivity contribution is -0.384. The molecule has 0 unspecified atom stereocenters. The van der Waals surface area contributed by atoms with Gasteiger partial charge < -0.3 is 10.2 Å². The van der Waals surface area contributed by atoms with E-state index in [0.717, 1.165) is 27.8 Å². The number of nitrogens with one attached hydrogen (secondary N) is 1. The van der Waals surface area contributed by atoms with Crippen molar-refractivity contribution in [3.8, 4) is 0 Å². The molecule has 0 saturated heterocycles. The molecule has 2 rings (SSSR count). The van der Waals surface area contributed by atoms with Crippen molar-refractivity contribution in [2.24, 2.45) is 0 Å². The third-order valence-corrected chi connectivity index (χ3v) is 6.35. The topological polar surface area (TPSA) is 130 Å². The second-order valence-corrected chi connectivity index (χ2v) is 10.2. The fourth-order valence-electron chi connectivity index (χ4n) is 3.33. The van der Waals surface area contributed by atoms with Gasteiger partial charge in [-0.1, -0.05) is 30.3 Å². The number of amides is 2. The zero-order chi connectivity index (χ0) is 25.6. The minimum absolute atomic E-state index is 0.0137. The van der Waals surface area contributed by atoms with E-state index >= 15 is 0 Å². The predicted octanol–water partition coefficient (Wildman–Crippen LogP) is 2.61. The van der Waals surface area contributed by atoms with Gasteiger partial charge in [0, 0.05) is 24.7 Å². The fraction of sp³-hybridized carbons (Fsp3) is 0.391. The van der Waals surface area contributed by atoms with Crippen LogP contribution in [0.1, 0.15) is 31.9 Å². The van der Waals surface area contributed by atoms with Gasteiger partial charge in [-0.25, -0.2) is 8.42 Å². The lowest BCUT2D eigenvalue weighted by Gasteiger charge is -2.32. The van der Waals surface area contributed by atoms with Gasteiger partial charge >= 0.3 is 0 Å². The number of benzene rings is 2. The van der Waals surface area contributed by atoms with E-state index in [2.05, 4.69) is 5.32 Å². The number of aryl methyl sites for hydroxylation is 1. The van der Waals surface area contributed by atoms with Crippen LogP contribution in [0, 0.1) is 17.0 Å². The number of nitro benzene ring substituents is 1. The molecule has 2 amide bonds. The van der Waals surface area contributed by atoms with Gasteiger partial charge in [-0.3, -0.25) is 24.0 Å². The van der Waals surface area contributed by atoms with E-state index in [-0.39, 0.29) is 29.9 Å². The molecule has 2 aromatic rings. The molecule has 184 valence electrons. The number of anilines is 1. The summed E-state index contributed by atoms with van der Waals surface area (Å²) in [5, 5.41) is 13.9. The summed E-state index contributed by atoms with van der Waals surface area (Å²) >= 11 is 0. The lowest BCUT2D eigenvalue weighted by atomic mass is 10.1. The molecule has 1 atom stereocenters. The Labute approximate surface area is 199 Å². The highest BCUT2D eigenvalue weighted by Gasteiger charge is 2.31. The van der Waals surface area contributed by atoms with Gasteiger partial charge in [0.05, 0.1) is 16.9 Å². The van der Waals surface area contributed by atoms with Crippen LogP contribution < -0.4 is 9.62 Å². The fourth-order valence-corrected chi connectivity index (χ4v) is 4.18. The standard InChI is InChI=1S/C23H30N4O6S/c1-16(2)24-23(29)18(4)25(14-19-10-7-6-9-17(19)3)22(28)15-26(34(5,32)33)20-11-8-12-21(13-20)27(30)31/h6-13,16,18H,14-15H2,1-5H3,(H,24,29)/t18-/m1/s1. The average Bonchev–Trinajstić information content (AvgIpc) is 2.75. The highest BCUT2D eigenvalue weighted by Crippen LogP contribution is 2.24. The van der Waals surface area contributed by atoms with Crippen molar-refractivity contribution in [2.45, 2.75) is 46.3 Å². The molecule has 0 saturated carbocycles. The molecule has 34 heavy (non-hydrogen) atoms. The van der Waals surface area contributed by atoms with Gasteiger partial charge in [0.25, 0.3) is 5.69 Å². The Morgan fingerprint density at radius 2 is 1.74 bits per heavy atom. The summed E-state index contributed by atoms with van der Waals surface area (Å²) in [5.74, 6) is -0.996. The molecule has 11 heteroatoms. The minimum Gasteiger partial charge on any atom is -0.352 e. The highest BCUT2D eigenvalue weighted by molar-refractivity contribution is 7.92. The van der Waals surface area contributed by atoms with Crippen molar-refractivity contribution in [3.05, 3.63) is 69.8 Å². The number of hydrogen-bond donors (Lipinski definition) is 1. The summed E-state index contributed by atoms with van der Waals surface area (Å²) in [6.07, 6.45) is 0.916. The van der Waals surface area contributed by atoms with Gasteiger partial charge in [-0.2, -0.15) is 0 Å². The summed E-state index contributed by atoms with van der Waals surface area (Å²) < 4.78 is 25.9. The second kappa shape index (κ2) is 11.1. The maximum absolute atomic E-state index is 13.4. The Hall–Kier alpha value is -3.47. The van der Waals surface area contributed by atoms with E-state index < -0.39 is 33.4 Å². The number of sulfonamides is 1. The van der Waals surface area contributed by atoms with Gasteiger partial charge in [-0.15, -0.1) is 0 Å². The van der Waals surface area contributed by atoms with Gasteiger partial charge in [0.2, 0.25) is 21.8 Å². The van der Waals surface area contributed by atoms with Crippen molar-refractivity contribution in [2.75, 3.05) is 17.1 Å². The molecule has 1 N–H and O–H groups in total. The first-order valence-electron chi connectivity index (χ1n) is 10.7. The van der Waals surface area contributed by atoms with Crippen LogP contribution in [0.15, 0.2) is 48.5 Å². The number of carbonyl (C=O) groups is 2. The van der Waals surface area contributed by atoms with Gasteiger partial charge in [0.1, 0.15) is 12.6 Å². The van der Waals surface area contributed by atoms with Crippen LogP contribution in [0.3, 0.4) is 0 Å². The van der Waals surface area contributed by atoms with E-state index in [9.17, 15) is 28.1 Å². The second-order valence-electron chi connectivity index (χ2n) is 8.33. The number of non-ortho nitro benzene ring substituents is 1. The number of nitro groups is 1. The van der Waals surface area contributed by atoms with Crippen LogP contribution in [0.2, 0.25) is 0 Å². The molecule has 0 fully saturated rings. The van der Waals surface area contributed by atoms with E-state index in [4.69, 9.17) is 0 Å². The quantitative estimate of drug-likeness (QED) is 0.402. The monoisotopic (exact) mass is 490 g/mol. The zero-order valence-corrected chi connectivity index (χ0v) is 20.7. The van der Waals surface area contributed by atoms with Crippen molar-refractivity contribution in [1.82, 2.24) is 10.2 Å². The summed E-state index contributed by atoms with van der Waals surface area (Å²) in [6, 6.07) is 11.4. The first-order chi connectivity index (χ1) is 15.8. The van der Waals surface area contributed by atoms with Crippen LogP contribution in [0.25, 0.3) is 0 Å². The molecule has 0 aliphatic carbocycles. The third kappa shape index (κ3) is 7.01. The summed E-state index contributed by atoms with van der Waals surface area (Å²) in [5.41, 5.74) is 1.40. The minimum atomic E-state index is -3.97. The maximum Gasteiger partial charge on any atom is 0.271 e. The molecule has 0 aromatic heterocycles. The van der Waals surface area contributed by atoms with Crippen LogP contribution in [0.5, 0.6) is 0 Å². The lowest BCUT2D eigenvalue weighted by Crippen LogP contribution is -2.52. The smallest absolute Gasteiger partial charge is 0.271 e. The number of nitrogens with zero attached hydrogens (tertiary/aromatic N) is 3. The Bertz CT molecular complexity index is 1170.